The van der Waals surface area contributed by atoms with E-state index < -0.39 is 0 Å². The van der Waals surface area contributed by atoms with Gasteiger partial charge in [0.25, 0.3) is 0 Å². The van der Waals surface area contributed by atoms with Gasteiger partial charge >= 0.3 is 0 Å². The molecule has 1 fully saturated rings. The Balaban J connectivity index is 2.17. The summed E-state index contributed by atoms with van der Waals surface area (Å²) < 4.78 is 0. The lowest BCUT2D eigenvalue weighted by Crippen LogP contribution is -2.20. The molecule has 1 N–H and O–H groups in total. The van der Waals surface area contributed by atoms with Crippen molar-refractivity contribution in [1.82, 2.24) is 5.32 Å². The van der Waals surface area contributed by atoms with Gasteiger partial charge in [0, 0.05) is 11.8 Å². The Morgan fingerprint density at radius 1 is 1.38 bits per heavy atom. The number of rotatable bonds is 0. The van der Waals surface area contributed by atoms with Gasteiger partial charge in [-0.1, -0.05) is 6.42 Å². The smallest absolute Gasteiger partial charge is 0.0142 e. The minimum atomic E-state index is 0.609. The van der Waals surface area contributed by atoms with Crippen molar-refractivity contribution in [1.29, 1.82) is 0 Å². The van der Waals surface area contributed by atoms with Crippen LogP contribution in [-0.4, -0.2) is 18.3 Å². The summed E-state index contributed by atoms with van der Waals surface area (Å²) >= 11 is 4.37. The van der Waals surface area contributed by atoms with Gasteiger partial charge in [0.15, 0.2) is 0 Å². The molecule has 1 heterocycles. The summed E-state index contributed by atoms with van der Waals surface area (Å²) in [6, 6.07) is 0. The molecule has 0 aromatic carbocycles. The summed E-state index contributed by atoms with van der Waals surface area (Å²) in [6.45, 7) is 2.29. The van der Waals surface area contributed by atoms with Crippen molar-refractivity contribution in [2.24, 2.45) is 0 Å². The highest BCUT2D eigenvalue weighted by Gasteiger charge is 2.04. The highest BCUT2D eigenvalue weighted by atomic mass is 32.1. The molecule has 1 aliphatic heterocycles. The first kappa shape index (κ1) is 6.43. The van der Waals surface area contributed by atoms with Gasteiger partial charge in [-0.25, -0.2) is 0 Å². The fraction of sp³-hybridized carbons (Fsp3) is 1.00. The van der Waals surface area contributed by atoms with Gasteiger partial charge < -0.3 is 5.32 Å². The molecule has 0 unspecified atom stereocenters. The maximum absolute atomic E-state index is 4.37. The molecule has 1 aliphatic rings. The quantitative estimate of drug-likeness (QED) is 0.468. The van der Waals surface area contributed by atoms with E-state index in [9.17, 15) is 0 Å². The molecule has 0 aromatic heterocycles. The molecule has 0 aromatic rings. The summed E-state index contributed by atoms with van der Waals surface area (Å²) in [5.41, 5.74) is 0. The van der Waals surface area contributed by atoms with Crippen LogP contribution in [0.25, 0.3) is 0 Å². The third-order valence-corrected chi connectivity index (χ3v) is 1.96. The highest BCUT2D eigenvalue weighted by molar-refractivity contribution is 7.81. The Kier molecular flexibility index (Phi) is 2.70. The first-order valence-corrected chi connectivity index (χ1v) is 3.80. The van der Waals surface area contributed by atoms with Crippen molar-refractivity contribution < 1.29 is 0 Å². The molecule has 0 saturated carbocycles. The first-order chi connectivity index (χ1) is 3.89. The van der Waals surface area contributed by atoms with E-state index in [0.717, 1.165) is 6.54 Å². The van der Waals surface area contributed by atoms with Crippen molar-refractivity contribution in [2.45, 2.75) is 24.5 Å². The maximum Gasteiger partial charge on any atom is 0.0142 e. The molecule has 2 heteroatoms. The van der Waals surface area contributed by atoms with Crippen molar-refractivity contribution in [3.8, 4) is 0 Å². The molecule has 0 radical (unpaired) electrons. The van der Waals surface area contributed by atoms with Gasteiger partial charge in [0.2, 0.25) is 0 Å². The minimum absolute atomic E-state index is 0.609. The van der Waals surface area contributed by atoms with Crippen LogP contribution in [0.4, 0.5) is 0 Å². The third kappa shape index (κ3) is 2.05. The molecule has 1 rings (SSSR count). The maximum atomic E-state index is 4.37. The molecule has 1 saturated heterocycles. The van der Waals surface area contributed by atoms with Crippen molar-refractivity contribution in [2.75, 3.05) is 13.1 Å². The molecule has 48 valence electrons. The Morgan fingerprint density at radius 2 is 2.25 bits per heavy atom. The van der Waals surface area contributed by atoms with Crippen LogP contribution in [0.3, 0.4) is 0 Å². The van der Waals surface area contributed by atoms with Gasteiger partial charge in [-0.3, -0.25) is 0 Å². The lowest BCUT2D eigenvalue weighted by Gasteiger charge is -2.03. The summed E-state index contributed by atoms with van der Waals surface area (Å²) in [5.74, 6) is 0. The Hall–Kier alpha value is 0.310. The van der Waals surface area contributed by atoms with Gasteiger partial charge in [-0.2, -0.15) is 12.6 Å². The van der Waals surface area contributed by atoms with Crippen LogP contribution in [-0.2, 0) is 0 Å². The fourth-order valence-corrected chi connectivity index (χ4v) is 1.31. The van der Waals surface area contributed by atoms with Crippen molar-refractivity contribution in [3.05, 3.63) is 0 Å². The average molecular weight is 131 g/mol. The normalized spacial score (nSPS) is 31.9. The second-order valence-electron chi connectivity index (χ2n) is 2.35. The summed E-state index contributed by atoms with van der Waals surface area (Å²) in [6.07, 6.45) is 3.97. The lowest BCUT2D eigenvalue weighted by atomic mass is 10.2. The standard InChI is InChI=1S/C6H13NS/c8-6-3-1-2-4-7-5-6/h6-8H,1-5H2/t6-/m0/s1. The summed E-state index contributed by atoms with van der Waals surface area (Å²) in [7, 11) is 0. The number of hydrogen-bond acceptors (Lipinski definition) is 2. The third-order valence-electron chi connectivity index (χ3n) is 1.52. The van der Waals surface area contributed by atoms with Crippen LogP contribution in [0.2, 0.25) is 0 Å². The number of thiol groups is 1. The summed E-state index contributed by atoms with van der Waals surface area (Å²) in [5, 5.41) is 3.93. The van der Waals surface area contributed by atoms with Gasteiger partial charge in [-0.15, -0.1) is 0 Å². The molecular weight excluding hydrogens is 118 g/mol. The highest BCUT2D eigenvalue weighted by Crippen LogP contribution is 2.08. The van der Waals surface area contributed by atoms with E-state index in [2.05, 4.69) is 17.9 Å². The van der Waals surface area contributed by atoms with E-state index in [1.54, 1.807) is 0 Å². The zero-order valence-electron chi connectivity index (χ0n) is 5.06. The molecule has 1 atom stereocenters. The topological polar surface area (TPSA) is 12.0 Å². The molecular formula is C6H13NS. The van der Waals surface area contributed by atoms with Crippen molar-refractivity contribution >= 4 is 12.6 Å². The Labute approximate surface area is 56.3 Å². The van der Waals surface area contributed by atoms with Crippen molar-refractivity contribution in [3.63, 3.8) is 0 Å². The zero-order chi connectivity index (χ0) is 5.82. The Bertz CT molecular complexity index is 57.5. The number of hydrogen-bond donors (Lipinski definition) is 2. The van der Waals surface area contributed by atoms with E-state index >= 15 is 0 Å². The molecule has 8 heavy (non-hydrogen) atoms. The minimum Gasteiger partial charge on any atom is -0.316 e. The average Bonchev–Trinajstić information content (AvgIpc) is 1.94. The Morgan fingerprint density at radius 3 is 3.12 bits per heavy atom. The van der Waals surface area contributed by atoms with E-state index in [1.165, 1.54) is 25.8 Å². The van der Waals surface area contributed by atoms with E-state index in [-0.39, 0.29) is 0 Å². The SMILES string of the molecule is S[C@H]1CCCCNC1. The molecule has 0 amide bonds. The van der Waals surface area contributed by atoms with E-state index in [1.807, 2.05) is 0 Å². The predicted molar refractivity (Wildman–Crippen MR) is 39.5 cm³/mol. The van der Waals surface area contributed by atoms with Crippen LogP contribution >= 0.6 is 12.6 Å². The zero-order valence-corrected chi connectivity index (χ0v) is 5.95. The van der Waals surface area contributed by atoms with Gasteiger partial charge in [0.1, 0.15) is 0 Å². The predicted octanol–water partition coefficient (Wildman–Crippen LogP) is 1.06. The largest absolute Gasteiger partial charge is 0.316 e. The van der Waals surface area contributed by atoms with E-state index in [0.29, 0.717) is 5.25 Å². The van der Waals surface area contributed by atoms with E-state index in [4.69, 9.17) is 0 Å². The second kappa shape index (κ2) is 3.36. The van der Waals surface area contributed by atoms with Crippen LogP contribution in [0, 0.1) is 0 Å². The van der Waals surface area contributed by atoms with Gasteiger partial charge in [-0.05, 0) is 19.4 Å². The molecule has 1 nitrogen and oxygen atoms in total. The van der Waals surface area contributed by atoms with Crippen LogP contribution < -0.4 is 5.32 Å². The number of nitrogens with one attached hydrogen (secondary N) is 1. The lowest BCUT2D eigenvalue weighted by molar-refractivity contribution is 0.707. The monoisotopic (exact) mass is 131 g/mol. The van der Waals surface area contributed by atoms with Crippen LogP contribution in [0.1, 0.15) is 19.3 Å². The first-order valence-electron chi connectivity index (χ1n) is 3.28. The fourth-order valence-electron chi connectivity index (χ4n) is 1.00. The summed E-state index contributed by atoms with van der Waals surface area (Å²) in [4.78, 5) is 0. The van der Waals surface area contributed by atoms with Crippen LogP contribution in [0.5, 0.6) is 0 Å². The molecule has 0 bridgehead atoms. The molecule has 0 spiro atoms. The van der Waals surface area contributed by atoms with Crippen LogP contribution in [0.15, 0.2) is 0 Å². The molecule has 0 aliphatic carbocycles. The second-order valence-corrected chi connectivity index (χ2v) is 3.08. The van der Waals surface area contributed by atoms with Gasteiger partial charge in [0.05, 0.1) is 0 Å².